The smallest absolute Gasteiger partial charge is 0.316 e. The standard InChI is InChI=1S/C21H30NO3/c1-14(2)22(3)18-9-10-21(18)12-16(11-19(21)22)25-20(24)17(13-23)15-7-5-4-6-8-15/h4-8,14,16-19,23H,9-13H2,1-3H3/q+1. The van der Waals surface area contributed by atoms with Crippen LogP contribution < -0.4 is 0 Å². The first-order valence-corrected chi connectivity index (χ1v) is 9.65. The van der Waals surface area contributed by atoms with Crippen LogP contribution in [-0.4, -0.2) is 53.4 Å². The molecule has 6 atom stereocenters. The van der Waals surface area contributed by atoms with E-state index < -0.39 is 5.92 Å². The number of hydrogen-bond donors (Lipinski definition) is 1. The number of likely N-dealkylation sites (tertiary alicyclic amines) is 1. The SMILES string of the molecule is CC(C)[N+]1(C)C2CCC23CC(OC(=O)C(CO)c2ccccc2)CC31. The molecule has 1 aliphatic heterocycles. The molecular weight excluding hydrogens is 314 g/mol. The van der Waals surface area contributed by atoms with E-state index in [-0.39, 0.29) is 18.7 Å². The Hall–Kier alpha value is -1.39. The van der Waals surface area contributed by atoms with Crippen LogP contribution in [0.5, 0.6) is 0 Å². The molecule has 0 amide bonds. The first kappa shape index (κ1) is 17.0. The minimum absolute atomic E-state index is 0.0109. The lowest BCUT2D eigenvalue weighted by Gasteiger charge is -2.73. The van der Waals surface area contributed by atoms with Crippen molar-refractivity contribution in [2.75, 3.05) is 13.7 Å². The fourth-order valence-electron chi connectivity index (χ4n) is 6.20. The van der Waals surface area contributed by atoms with Crippen molar-refractivity contribution in [2.45, 2.75) is 69.7 Å². The number of esters is 1. The minimum atomic E-state index is -0.569. The minimum Gasteiger partial charge on any atom is -0.462 e. The molecule has 0 aromatic heterocycles. The maximum atomic E-state index is 12.7. The summed E-state index contributed by atoms with van der Waals surface area (Å²) < 4.78 is 7.06. The van der Waals surface area contributed by atoms with Gasteiger partial charge in [-0.25, -0.2) is 0 Å². The molecule has 136 valence electrons. The zero-order valence-electron chi connectivity index (χ0n) is 15.5. The number of benzene rings is 1. The van der Waals surface area contributed by atoms with Crippen LogP contribution in [0, 0.1) is 5.41 Å². The van der Waals surface area contributed by atoms with Gasteiger partial charge >= 0.3 is 5.97 Å². The highest BCUT2D eigenvalue weighted by molar-refractivity contribution is 5.78. The Kier molecular flexibility index (Phi) is 3.97. The zero-order valence-corrected chi connectivity index (χ0v) is 15.5. The summed E-state index contributed by atoms with van der Waals surface area (Å²) in [6.07, 6.45) is 4.61. The number of ether oxygens (including phenoxy) is 1. The van der Waals surface area contributed by atoms with Crippen LogP contribution in [0.15, 0.2) is 30.3 Å². The van der Waals surface area contributed by atoms with Gasteiger partial charge in [0, 0.05) is 19.3 Å². The molecule has 1 spiro atoms. The largest absolute Gasteiger partial charge is 0.462 e. The Balaban J connectivity index is 1.46. The zero-order chi connectivity index (χ0) is 17.8. The van der Waals surface area contributed by atoms with Crippen LogP contribution in [0.3, 0.4) is 0 Å². The van der Waals surface area contributed by atoms with Crippen molar-refractivity contribution in [2.24, 2.45) is 5.41 Å². The molecule has 4 nitrogen and oxygen atoms in total. The number of carbonyl (C=O) groups excluding carboxylic acids is 1. The van der Waals surface area contributed by atoms with Gasteiger partial charge in [-0.05, 0) is 25.8 Å². The Morgan fingerprint density at radius 1 is 1.32 bits per heavy atom. The third-order valence-electron chi connectivity index (χ3n) is 7.71. The highest BCUT2D eigenvalue weighted by Crippen LogP contribution is 2.69. The van der Waals surface area contributed by atoms with Crippen molar-refractivity contribution in [3.63, 3.8) is 0 Å². The van der Waals surface area contributed by atoms with E-state index in [4.69, 9.17) is 4.74 Å². The summed E-state index contributed by atoms with van der Waals surface area (Å²) in [5, 5.41) is 9.70. The fourth-order valence-corrected chi connectivity index (χ4v) is 6.20. The summed E-state index contributed by atoms with van der Waals surface area (Å²) in [6, 6.07) is 11.5. The van der Waals surface area contributed by atoms with E-state index in [1.165, 1.54) is 12.8 Å². The molecule has 2 aliphatic carbocycles. The van der Waals surface area contributed by atoms with Crippen LogP contribution in [0.4, 0.5) is 0 Å². The van der Waals surface area contributed by atoms with Crippen LogP contribution in [0.1, 0.15) is 51.0 Å². The van der Waals surface area contributed by atoms with E-state index in [1.54, 1.807) is 0 Å². The molecule has 1 saturated heterocycles. The van der Waals surface area contributed by atoms with Crippen LogP contribution in [0.2, 0.25) is 0 Å². The van der Waals surface area contributed by atoms with Gasteiger partial charge < -0.3 is 14.3 Å². The number of quaternary nitrogens is 1. The summed E-state index contributed by atoms with van der Waals surface area (Å²) in [5.74, 6) is -0.842. The lowest BCUT2D eigenvalue weighted by Crippen LogP contribution is -2.85. The fraction of sp³-hybridized carbons (Fsp3) is 0.667. The van der Waals surface area contributed by atoms with Gasteiger partial charge in [0.1, 0.15) is 24.1 Å². The summed E-state index contributed by atoms with van der Waals surface area (Å²) in [6.45, 7) is 4.43. The molecule has 0 radical (unpaired) electrons. The van der Waals surface area contributed by atoms with Crippen molar-refractivity contribution >= 4 is 5.97 Å². The topological polar surface area (TPSA) is 46.5 Å². The average Bonchev–Trinajstić information content (AvgIpc) is 2.95. The van der Waals surface area contributed by atoms with Gasteiger partial charge in [-0.15, -0.1) is 0 Å². The van der Waals surface area contributed by atoms with E-state index in [1.807, 2.05) is 30.3 Å². The predicted octanol–water partition coefficient (Wildman–Crippen LogP) is 2.85. The molecule has 1 heterocycles. The first-order valence-electron chi connectivity index (χ1n) is 9.65. The normalized spacial score (nSPS) is 39.8. The average molecular weight is 344 g/mol. The summed E-state index contributed by atoms with van der Waals surface area (Å²) >= 11 is 0. The molecule has 4 rings (SSSR count). The van der Waals surface area contributed by atoms with Crippen molar-refractivity contribution in [1.82, 2.24) is 0 Å². The predicted molar refractivity (Wildman–Crippen MR) is 95.9 cm³/mol. The molecule has 0 bridgehead atoms. The van der Waals surface area contributed by atoms with E-state index in [0.717, 1.165) is 28.9 Å². The van der Waals surface area contributed by atoms with E-state index in [2.05, 4.69) is 20.9 Å². The number of piperidine rings is 1. The molecule has 3 fully saturated rings. The van der Waals surface area contributed by atoms with E-state index in [0.29, 0.717) is 17.5 Å². The number of rotatable bonds is 5. The maximum Gasteiger partial charge on any atom is 0.316 e. The highest BCUT2D eigenvalue weighted by atomic mass is 16.5. The van der Waals surface area contributed by atoms with Gasteiger partial charge in [-0.1, -0.05) is 30.3 Å². The van der Waals surface area contributed by atoms with Crippen molar-refractivity contribution in [3.05, 3.63) is 35.9 Å². The summed E-state index contributed by atoms with van der Waals surface area (Å²) in [7, 11) is 2.39. The van der Waals surface area contributed by atoms with Crippen molar-refractivity contribution in [1.29, 1.82) is 0 Å². The van der Waals surface area contributed by atoms with Crippen LogP contribution in [-0.2, 0) is 9.53 Å². The summed E-state index contributed by atoms with van der Waals surface area (Å²) in [4.78, 5) is 12.7. The molecule has 1 N–H and O–H groups in total. The van der Waals surface area contributed by atoms with Gasteiger partial charge in [0.25, 0.3) is 0 Å². The molecule has 25 heavy (non-hydrogen) atoms. The van der Waals surface area contributed by atoms with Gasteiger partial charge in [0.15, 0.2) is 0 Å². The molecule has 4 heteroatoms. The number of aliphatic hydroxyl groups excluding tert-OH is 1. The van der Waals surface area contributed by atoms with Crippen LogP contribution >= 0.6 is 0 Å². The molecule has 2 saturated carbocycles. The lowest BCUT2D eigenvalue weighted by molar-refractivity contribution is -1.05. The van der Waals surface area contributed by atoms with Gasteiger partial charge in [-0.2, -0.15) is 0 Å². The van der Waals surface area contributed by atoms with Crippen molar-refractivity contribution < 1.29 is 19.1 Å². The van der Waals surface area contributed by atoms with Gasteiger partial charge in [0.05, 0.1) is 25.1 Å². The second-order valence-electron chi connectivity index (χ2n) is 8.76. The maximum absolute atomic E-state index is 12.7. The van der Waals surface area contributed by atoms with Crippen molar-refractivity contribution in [3.8, 4) is 0 Å². The molecule has 6 unspecified atom stereocenters. The third kappa shape index (κ3) is 2.23. The second-order valence-corrected chi connectivity index (χ2v) is 8.76. The number of nitrogens with zero attached hydrogens (tertiary/aromatic N) is 1. The van der Waals surface area contributed by atoms with E-state index >= 15 is 0 Å². The molecule has 3 aliphatic rings. The third-order valence-corrected chi connectivity index (χ3v) is 7.71. The Labute approximate surface area is 150 Å². The Bertz CT molecular complexity index is 660. The Morgan fingerprint density at radius 3 is 2.60 bits per heavy atom. The number of aliphatic hydroxyl groups is 1. The lowest BCUT2D eigenvalue weighted by atomic mass is 9.51. The van der Waals surface area contributed by atoms with E-state index in [9.17, 15) is 9.90 Å². The summed E-state index contributed by atoms with van der Waals surface area (Å²) in [5.41, 5.74) is 1.25. The number of carbonyl (C=O) groups is 1. The van der Waals surface area contributed by atoms with Gasteiger partial charge in [0.2, 0.25) is 0 Å². The molecule has 1 aromatic rings. The number of hydrogen-bond acceptors (Lipinski definition) is 3. The molecule has 1 aromatic carbocycles. The first-order chi connectivity index (χ1) is 11.9. The monoisotopic (exact) mass is 344 g/mol. The molecular formula is C21H30NO3+. The van der Waals surface area contributed by atoms with Crippen LogP contribution in [0.25, 0.3) is 0 Å². The Morgan fingerprint density at radius 2 is 2.04 bits per heavy atom. The quantitative estimate of drug-likeness (QED) is 0.660. The second kappa shape index (κ2) is 5.82. The highest BCUT2D eigenvalue weighted by Gasteiger charge is 2.79. The van der Waals surface area contributed by atoms with Gasteiger partial charge in [-0.3, -0.25) is 4.79 Å².